The molecule has 2 aromatic carbocycles. The standard InChI is InChI=1S/C30H33FN6O2/c31-23-8-3-6-21(18-23)14-16-34-29-26(12-13-27(36-29)25-10-2-1-7-22(25)19-33)30(39)35-20-24-9-5-17-37(24)28(38)11-4-15-32/h1-3,6-8,10,12-13,18,24H,4-5,9,11,14-17,20,32H2,(H,34,36)(H,35,39). The van der Waals surface area contributed by atoms with Gasteiger partial charge in [0, 0.05) is 37.7 Å². The van der Waals surface area contributed by atoms with Crippen LogP contribution in [0, 0.1) is 17.1 Å². The number of hydrogen-bond donors (Lipinski definition) is 3. The SMILES string of the molecule is N#Cc1ccccc1-c1ccc(C(=O)NCC2CCCN2C(=O)CCCN)c(NCCc2cccc(F)c2)n1. The first kappa shape index (κ1) is 27.7. The fourth-order valence-corrected chi connectivity index (χ4v) is 4.83. The Labute approximate surface area is 228 Å². The number of nitrogens with one attached hydrogen (secondary N) is 2. The fraction of sp³-hybridized carbons (Fsp3) is 0.333. The zero-order valence-corrected chi connectivity index (χ0v) is 21.8. The summed E-state index contributed by atoms with van der Waals surface area (Å²) in [4.78, 5) is 32.4. The largest absolute Gasteiger partial charge is 0.369 e. The minimum atomic E-state index is -0.308. The van der Waals surface area contributed by atoms with Gasteiger partial charge in [0.15, 0.2) is 0 Å². The molecular weight excluding hydrogens is 495 g/mol. The van der Waals surface area contributed by atoms with Crippen LogP contribution in [0.4, 0.5) is 10.2 Å². The van der Waals surface area contributed by atoms with Crippen molar-refractivity contribution in [1.29, 1.82) is 5.26 Å². The second-order valence-corrected chi connectivity index (χ2v) is 9.54. The Morgan fingerprint density at radius 1 is 1.15 bits per heavy atom. The highest BCUT2D eigenvalue weighted by molar-refractivity contribution is 5.99. The van der Waals surface area contributed by atoms with Gasteiger partial charge in [-0.3, -0.25) is 9.59 Å². The molecule has 3 aromatic rings. The Kier molecular flexibility index (Phi) is 9.59. The summed E-state index contributed by atoms with van der Waals surface area (Å²) in [5.74, 6) is -0.170. The van der Waals surface area contributed by atoms with Crippen molar-refractivity contribution in [2.45, 2.75) is 38.1 Å². The lowest BCUT2D eigenvalue weighted by molar-refractivity contribution is -0.132. The molecule has 1 fully saturated rings. The van der Waals surface area contributed by atoms with Crippen molar-refractivity contribution in [3.8, 4) is 17.3 Å². The first-order chi connectivity index (χ1) is 19.0. The molecule has 1 unspecified atom stereocenters. The van der Waals surface area contributed by atoms with Gasteiger partial charge in [-0.25, -0.2) is 9.37 Å². The van der Waals surface area contributed by atoms with Gasteiger partial charge in [-0.05, 0) is 68.1 Å². The highest BCUT2D eigenvalue weighted by Crippen LogP contribution is 2.25. The van der Waals surface area contributed by atoms with Crippen LogP contribution in [-0.2, 0) is 11.2 Å². The molecule has 202 valence electrons. The van der Waals surface area contributed by atoms with E-state index < -0.39 is 0 Å². The van der Waals surface area contributed by atoms with Crippen LogP contribution in [0.3, 0.4) is 0 Å². The first-order valence-electron chi connectivity index (χ1n) is 13.3. The summed E-state index contributed by atoms with van der Waals surface area (Å²) < 4.78 is 13.6. The molecular formula is C30H33FN6O2. The maximum atomic E-state index is 13.6. The van der Waals surface area contributed by atoms with E-state index in [4.69, 9.17) is 10.7 Å². The number of likely N-dealkylation sites (tertiary alicyclic amines) is 1. The van der Waals surface area contributed by atoms with Crippen LogP contribution in [0.1, 0.15) is 47.2 Å². The molecule has 4 rings (SSSR count). The van der Waals surface area contributed by atoms with Crippen LogP contribution in [0.25, 0.3) is 11.3 Å². The van der Waals surface area contributed by atoms with E-state index in [1.165, 1.54) is 12.1 Å². The molecule has 2 amide bonds. The Hall–Kier alpha value is -4.29. The number of aromatic nitrogens is 1. The highest BCUT2D eigenvalue weighted by atomic mass is 19.1. The van der Waals surface area contributed by atoms with Crippen LogP contribution in [-0.4, -0.2) is 53.9 Å². The van der Waals surface area contributed by atoms with Gasteiger partial charge in [-0.1, -0.05) is 30.3 Å². The van der Waals surface area contributed by atoms with Crippen molar-refractivity contribution in [3.05, 3.63) is 83.2 Å². The molecule has 4 N–H and O–H groups in total. The summed E-state index contributed by atoms with van der Waals surface area (Å²) in [7, 11) is 0. The van der Waals surface area contributed by atoms with E-state index in [0.29, 0.717) is 73.6 Å². The maximum absolute atomic E-state index is 13.6. The molecule has 1 saturated heterocycles. The summed E-state index contributed by atoms with van der Waals surface area (Å²) in [6.07, 6.45) is 3.31. The van der Waals surface area contributed by atoms with Gasteiger partial charge in [-0.15, -0.1) is 0 Å². The Morgan fingerprint density at radius 3 is 2.79 bits per heavy atom. The maximum Gasteiger partial charge on any atom is 0.255 e. The molecule has 1 aliphatic rings. The summed E-state index contributed by atoms with van der Waals surface area (Å²) in [6.45, 7) is 1.92. The number of nitrogens with zero attached hydrogens (tertiary/aromatic N) is 3. The third kappa shape index (κ3) is 7.18. The van der Waals surface area contributed by atoms with Crippen molar-refractivity contribution in [2.75, 3.05) is 31.5 Å². The number of anilines is 1. The third-order valence-corrected chi connectivity index (χ3v) is 6.85. The predicted molar refractivity (Wildman–Crippen MR) is 148 cm³/mol. The van der Waals surface area contributed by atoms with Gasteiger partial charge >= 0.3 is 0 Å². The number of nitrogens with two attached hydrogens (primary N) is 1. The third-order valence-electron chi connectivity index (χ3n) is 6.85. The van der Waals surface area contributed by atoms with Crippen LogP contribution < -0.4 is 16.4 Å². The monoisotopic (exact) mass is 528 g/mol. The van der Waals surface area contributed by atoms with Crippen molar-refractivity contribution in [1.82, 2.24) is 15.2 Å². The Bertz CT molecular complexity index is 1360. The number of carbonyl (C=O) groups is 2. The van der Waals surface area contributed by atoms with E-state index >= 15 is 0 Å². The van der Waals surface area contributed by atoms with Crippen molar-refractivity contribution < 1.29 is 14.0 Å². The van der Waals surface area contributed by atoms with E-state index in [2.05, 4.69) is 16.7 Å². The van der Waals surface area contributed by atoms with E-state index in [-0.39, 0.29) is 23.7 Å². The lowest BCUT2D eigenvalue weighted by Gasteiger charge is -2.25. The summed E-state index contributed by atoms with van der Waals surface area (Å²) in [6, 6.07) is 19.1. The summed E-state index contributed by atoms with van der Waals surface area (Å²) in [5.41, 5.74) is 8.43. The van der Waals surface area contributed by atoms with Gasteiger partial charge in [0.1, 0.15) is 11.6 Å². The number of rotatable bonds is 11. The average Bonchev–Trinajstić information content (AvgIpc) is 3.43. The summed E-state index contributed by atoms with van der Waals surface area (Å²) in [5, 5.41) is 15.8. The zero-order valence-electron chi connectivity index (χ0n) is 21.8. The van der Waals surface area contributed by atoms with Crippen molar-refractivity contribution >= 4 is 17.6 Å². The number of halogens is 1. The van der Waals surface area contributed by atoms with Crippen molar-refractivity contribution in [2.24, 2.45) is 5.73 Å². The normalized spacial score (nSPS) is 14.6. The molecule has 0 radical (unpaired) electrons. The quantitative estimate of drug-likeness (QED) is 0.347. The Balaban J connectivity index is 1.51. The number of nitriles is 1. The number of hydrogen-bond acceptors (Lipinski definition) is 6. The van der Waals surface area contributed by atoms with Crippen LogP contribution in [0.2, 0.25) is 0 Å². The molecule has 39 heavy (non-hydrogen) atoms. The number of benzene rings is 2. The lowest BCUT2D eigenvalue weighted by atomic mass is 10.0. The fourth-order valence-electron chi connectivity index (χ4n) is 4.83. The number of amides is 2. The molecule has 0 spiro atoms. The Morgan fingerprint density at radius 2 is 2.00 bits per heavy atom. The molecule has 2 heterocycles. The van der Waals surface area contributed by atoms with E-state index in [9.17, 15) is 19.2 Å². The molecule has 0 aliphatic carbocycles. The molecule has 8 nitrogen and oxygen atoms in total. The van der Waals surface area contributed by atoms with Crippen LogP contribution in [0.15, 0.2) is 60.7 Å². The highest BCUT2D eigenvalue weighted by Gasteiger charge is 2.29. The minimum Gasteiger partial charge on any atom is -0.369 e. The topological polar surface area (TPSA) is 124 Å². The van der Waals surface area contributed by atoms with E-state index in [0.717, 1.165) is 18.4 Å². The van der Waals surface area contributed by atoms with Crippen LogP contribution in [0.5, 0.6) is 0 Å². The first-order valence-corrected chi connectivity index (χ1v) is 13.3. The van der Waals surface area contributed by atoms with E-state index in [1.54, 1.807) is 30.3 Å². The average molecular weight is 529 g/mol. The number of carbonyl (C=O) groups excluding carboxylic acids is 2. The minimum absolute atomic E-state index is 0.0571. The summed E-state index contributed by atoms with van der Waals surface area (Å²) >= 11 is 0. The lowest BCUT2D eigenvalue weighted by Crippen LogP contribution is -2.43. The molecule has 1 aliphatic heterocycles. The predicted octanol–water partition coefficient (Wildman–Crippen LogP) is 3.87. The van der Waals surface area contributed by atoms with Gasteiger partial charge in [0.05, 0.1) is 22.9 Å². The zero-order chi connectivity index (χ0) is 27.6. The molecule has 0 bridgehead atoms. The second-order valence-electron chi connectivity index (χ2n) is 9.54. The molecule has 9 heteroatoms. The molecule has 0 saturated carbocycles. The van der Waals surface area contributed by atoms with Gasteiger partial charge < -0.3 is 21.3 Å². The van der Waals surface area contributed by atoms with Crippen LogP contribution >= 0.6 is 0 Å². The van der Waals surface area contributed by atoms with E-state index in [1.807, 2.05) is 23.1 Å². The molecule has 1 atom stereocenters. The van der Waals surface area contributed by atoms with Gasteiger partial charge in [0.25, 0.3) is 5.91 Å². The van der Waals surface area contributed by atoms with Gasteiger partial charge in [0.2, 0.25) is 5.91 Å². The molecule has 1 aromatic heterocycles. The second kappa shape index (κ2) is 13.5. The van der Waals surface area contributed by atoms with Gasteiger partial charge in [-0.2, -0.15) is 5.26 Å². The smallest absolute Gasteiger partial charge is 0.255 e. The number of pyridine rings is 1. The van der Waals surface area contributed by atoms with Crippen molar-refractivity contribution in [3.63, 3.8) is 0 Å².